The summed E-state index contributed by atoms with van der Waals surface area (Å²) >= 11 is 0. The maximum absolute atomic E-state index is 17.4. The Morgan fingerprint density at radius 2 is 0.833 bits per heavy atom. The number of ketones is 8. The predicted octanol–water partition coefficient (Wildman–Crippen LogP) is 14.9. The summed E-state index contributed by atoms with van der Waals surface area (Å²) in [5.41, 5.74) is -13.4. The molecule has 12 saturated carbocycles. The Morgan fingerprint density at radius 1 is 0.406 bits per heavy atom. The van der Waals surface area contributed by atoms with Gasteiger partial charge in [-0.15, -0.1) is 0 Å². The van der Waals surface area contributed by atoms with Gasteiger partial charge in [-0.1, -0.05) is 136 Å². The van der Waals surface area contributed by atoms with Crippen LogP contribution in [-0.2, 0) is 95.4 Å². The van der Waals surface area contributed by atoms with Crippen LogP contribution in [0.25, 0.3) is 0 Å². The van der Waals surface area contributed by atoms with E-state index >= 15 is 8.78 Å². The van der Waals surface area contributed by atoms with E-state index < -0.39 is 205 Å². The Kier molecular flexibility index (Phi) is 30.8. The second-order valence-corrected chi connectivity index (χ2v) is 44.6. The first-order chi connectivity index (χ1) is 64.9. The van der Waals surface area contributed by atoms with Crippen molar-refractivity contribution < 1.29 is 144 Å². The van der Waals surface area contributed by atoms with Crippen LogP contribution in [-0.4, -0.2) is 211 Å². The number of carbonyl (C=O) groups is 14. The monoisotopic (exact) mass is 1930 g/mol. The quantitative estimate of drug-likeness (QED) is 0.0386. The van der Waals surface area contributed by atoms with Crippen LogP contribution < -0.4 is 0 Å². The number of Topliss-reactive ketones (excluding diaryl/α,β-unsaturated/α-hetero) is 4. The molecule has 16 aliphatic rings. The largest absolute Gasteiger partial charge is 0.509 e. The third-order valence-corrected chi connectivity index (χ3v) is 38.4. The van der Waals surface area contributed by atoms with Crippen molar-refractivity contribution in [2.45, 2.75) is 349 Å². The Balaban J connectivity index is 0.000000155. The van der Waals surface area contributed by atoms with Gasteiger partial charge in [-0.05, 0) is 252 Å². The van der Waals surface area contributed by atoms with Crippen molar-refractivity contribution in [3.8, 4) is 0 Å². The molecular weight excluding hydrogens is 1780 g/mol. The molecule has 0 aliphatic heterocycles. The van der Waals surface area contributed by atoms with Crippen LogP contribution in [0.4, 0.5) is 18.4 Å². The van der Waals surface area contributed by atoms with Gasteiger partial charge in [0.1, 0.15) is 13.2 Å². The van der Waals surface area contributed by atoms with E-state index in [-0.39, 0.29) is 140 Å². The number of rotatable bonds is 24. The summed E-state index contributed by atoms with van der Waals surface area (Å²) < 4.78 is 78.4. The fraction of sp³-hybridized carbons (Fsp3) is 0.741. The number of hydrogen-bond acceptors (Lipinski definition) is 28. The number of carbonyl (C=O) groups excluding carboxylic acids is 14. The van der Waals surface area contributed by atoms with Crippen LogP contribution in [0, 0.1) is 114 Å². The number of ether oxygens (including phenoxy) is 8. The standard InChI is InChI=1S/C28H37FO7.C27H37FO6.C27H36O9.C26H38O6/c1-6-23(33)35-15-22(32)28(36-24(34)7-2)16(3)12-20-19-9-8-17-13-18(30)10-11-25(17,4)27(19,29)21(31)14-26(20,28)5;1-5-6-7-23(33)34-27(22(32)15-29)16(2)12-20-19-9-8-17-13-18(30)10-11-24(17,3)26(19,28)21(31)14-25(20,27)4;1-5-33-23(31)35-15-21(30)27(36-24(32)34-6-2)12-10-19-18-8-7-16-13-17(28)9-11-25(16,3)22(18)20(29)14-26(19,27)4;1-4-5-6-22(31)32-26(21(30)15-27)12-10-19-18-8-7-16-13-17(28)9-11-24(16,2)23(18)20(29)14-25(19,26)3/h10-11,13,16,19-21,31H,6-9,12,14-15H2,1-5H3;10-11,13,16,19-21,29,31H,5-9,12,14-15H2,1-4H3;9,11,13,18-20,22,29H,5-8,10,12,14-15H2,1-4H3;13,18-20,23,27,29H,4-12,14-15H2,1-3H3/t16-,19-,20-,21-,25-,26-,27-,28-;16-,19-,20-,21-,24-,25-,26-,27-;18-,19-,20-,22+,25-,26-,27-;18-,19-,20-,23+,24-,25-,26-/m0000/s1. The Bertz CT molecular complexity index is 5060. The number of aliphatic hydroxyl groups excluding tert-OH is 6. The lowest BCUT2D eigenvalue weighted by atomic mass is 9.44. The van der Waals surface area contributed by atoms with Crippen molar-refractivity contribution >= 4 is 82.5 Å². The highest BCUT2D eigenvalue weighted by Gasteiger charge is 2.81. The van der Waals surface area contributed by atoms with Crippen LogP contribution in [0.15, 0.2) is 83.1 Å². The molecule has 762 valence electrons. The molecule has 0 aromatic heterocycles. The summed E-state index contributed by atoms with van der Waals surface area (Å²) in [5.74, 6) is -6.94. The van der Waals surface area contributed by atoms with Crippen molar-refractivity contribution in [1.82, 2.24) is 0 Å². The van der Waals surface area contributed by atoms with Crippen LogP contribution in [0.3, 0.4) is 0 Å². The highest BCUT2D eigenvalue weighted by atomic mass is 19.1. The second-order valence-electron chi connectivity index (χ2n) is 44.6. The number of unbranched alkanes of at least 4 members (excludes halogenated alkanes) is 2. The van der Waals surface area contributed by atoms with Crippen LogP contribution in [0.5, 0.6) is 0 Å². The first-order valence-electron chi connectivity index (χ1n) is 50.9. The van der Waals surface area contributed by atoms with E-state index in [0.29, 0.717) is 88.2 Å². The molecule has 0 amide bonds. The zero-order valence-electron chi connectivity index (χ0n) is 83.5. The number of aliphatic hydroxyl groups is 6. The first-order valence-corrected chi connectivity index (χ1v) is 50.9. The van der Waals surface area contributed by atoms with Crippen LogP contribution >= 0.6 is 0 Å². The van der Waals surface area contributed by atoms with Crippen LogP contribution in [0.1, 0.15) is 291 Å². The first kappa shape index (κ1) is 107. The number of alkyl halides is 2. The molecule has 0 saturated heterocycles. The van der Waals surface area contributed by atoms with Crippen molar-refractivity contribution in [2.75, 3.05) is 39.6 Å². The molecule has 138 heavy (non-hydrogen) atoms. The SMILES string of the molecule is CCC(=O)OCC(=O)[C@@]1(OC(=O)CC)[C@@H](C)C[C@H]2[C@@H]3CCC4=CC(=O)C=C[C@]4(C)[C@@]3(F)[C@@H](O)C[C@@]21C.CCCCC(=O)O[C@]1(C(=O)CO)CC[C@H]2[C@@H]3CCC4=CC(=O)CC[C@]4(C)[C@H]3[C@@H](O)C[C@@]21C.CCCCC(=O)O[C@]1(C(=O)CO)[C@@H](C)C[C@H]2[C@@H]3CCC4=CC(=O)C=C[C@]4(C)[C@@]3(F)[C@@H](O)C[C@@]21C.CCOC(=O)OCC(=O)[C@@]1(OC(=O)OCC)CC[C@H]2[C@@H]3CCC4=CC(=O)C=C[C@]4(C)[C@H]3[C@@H](O)C[C@@]21C. The molecule has 28 nitrogen and oxygen atoms in total. The van der Waals surface area contributed by atoms with Gasteiger partial charge in [-0.3, -0.25) is 57.5 Å². The maximum Gasteiger partial charge on any atom is 0.509 e. The van der Waals surface area contributed by atoms with E-state index in [1.165, 1.54) is 29.9 Å². The van der Waals surface area contributed by atoms with Gasteiger partial charge >= 0.3 is 36.2 Å². The molecule has 6 N–H and O–H groups in total. The minimum Gasteiger partial charge on any atom is -0.457 e. The summed E-state index contributed by atoms with van der Waals surface area (Å²) in [6.07, 6.45) is 22.7. The normalized spacial score (nSPS) is 42.4. The van der Waals surface area contributed by atoms with Crippen LogP contribution in [0.2, 0.25) is 0 Å². The van der Waals surface area contributed by atoms with E-state index in [0.717, 1.165) is 56.9 Å². The van der Waals surface area contributed by atoms with Crippen molar-refractivity contribution in [1.29, 1.82) is 0 Å². The van der Waals surface area contributed by atoms with Gasteiger partial charge in [-0.25, -0.2) is 18.4 Å². The maximum atomic E-state index is 17.4. The molecule has 0 aromatic carbocycles. The van der Waals surface area contributed by atoms with E-state index in [9.17, 15) is 97.8 Å². The zero-order valence-corrected chi connectivity index (χ0v) is 83.5. The smallest absolute Gasteiger partial charge is 0.457 e. The molecule has 12 fully saturated rings. The third-order valence-electron chi connectivity index (χ3n) is 38.4. The number of fused-ring (bicyclic) bond motifs is 20. The fourth-order valence-corrected chi connectivity index (χ4v) is 31.8. The van der Waals surface area contributed by atoms with E-state index in [1.54, 1.807) is 72.8 Å². The van der Waals surface area contributed by atoms with Gasteiger partial charge in [0.15, 0.2) is 70.1 Å². The van der Waals surface area contributed by atoms with Crippen molar-refractivity contribution in [3.05, 3.63) is 83.1 Å². The lowest BCUT2D eigenvalue weighted by molar-refractivity contribution is -0.228. The van der Waals surface area contributed by atoms with Gasteiger partial charge in [0, 0.05) is 99.6 Å². The molecule has 0 heterocycles. The lowest BCUT2D eigenvalue weighted by Gasteiger charge is -2.62. The Labute approximate surface area is 808 Å². The summed E-state index contributed by atoms with van der Waals surface area (Å²) in [4.78, 5) is 176. The number of esters is 4. The lowest BCUT2D eigenvalue weighted by Crippen LogP contribution is -2.70. The molecule has 16 aliphatic carbocycles. The second kappa shape index (κ2) is 39.7. The highest BCUT2D eigenvalue weighted by Crippen LogP contribution is 2.76. The molecule has 16 rings (SSSR count). The molecule has 30 atom stereocenters. The third kappa shape index (κ3) is 16.7. The van der Waals surface area contributed by atoms with Gasteiger partial charge in [0.2, 0.25) is 23.1 Å². The average molecular weight is 1930 g/mol. The fourth-order valence-electron chi connectivity index (χ4n) is 31.8. The zero-order chi connectivity index (χ0) is 101. The molecule has 0 unspecified atom stereocenters. The van der Waals surface area contributed by atoms with Gasteiger partial charge in [-0.2, -0.15) is 0 Å². The molecule has 0 bridgehead atoms. The van der Waals surface area contributed by atoms with E-state index in [4.69, 9.17) is 37.9 Å². The minimum atomic E-state index is -2.05. The number of allylic oxidation sites excluding steroid dienone is 13. The minimum absolute atomic E-state index is 0.0312. The van der Waals surface area contributed by atoms with Crippen molar-refractivity contribution in [2.24, 2.45) is 114 Å². The van der Waals surface area contributed by atoms with Gasteiger partial charge in [0.05, 0.1) is 37.6 Å². The topological polar surface area (TPSA) is 434 Å². The summed E-state index contributed by atoms with van der Waals surface area (Å²) in [6.45, 7) is 26.9. The summed E-state index contributed by atoms with van der Waals surface area (Å²) in [5, 5.41) is 65.9. The molecular formula is C108H148F2O28. The molecule has 0 spiro atoms. The molecule has 0 radical (unpaired) electrons. The van der Waals surface area contributed by atoms with E-state index in [1.807, 2.05) is 60.6 Å². The highest BCUT2D eigenvalue weighted by molar-refractivity contribution is 6.03. The summed E-state index contributed by atoms with van der Waals surface area (Å²) in [7, 11) is 0. The molecule has 0 aromatic rings. The predicted molar refractivity (Wildman–Crippen MR) is 497 cm³/mol. The van der Waals surface area contributed by atoms with Crippen molar-refractivity contribution in [3.63, 3.8) is 0 Å². The Hall–Kier alpha value is -8.42. The van der Waals surface area contributed by atoms with Gasteiger partial charge in [0.25, 0.3) is 0 Å². The average Bonchev–Trinajstić information content (AvgIpc) is 1.30. The Morgan fingerprint density at radius 3 is 1.32 bits per heavy atom. The summed E-state index contributed by atoms with van der Waals surface area (Å²) in [6, 6.07) is 0. The van der Waals surface area contributed by atoms with Gasteiger partial charge < -0.3 is 68.5 Å². The number of hydrogen-bond donors (Lipinski definition) is 6. The number of halogens is 2. The van der Waals surface area contributed by atoms with E-state index in [2.05, 4.69) is 13.8 Å². The molecule has 30 heteroatoms.